The first-order valence-corrected chi connectivity index (χ1v) is 6.65. The molecule has 1 aromatic rings. The van der Waals surface area contributed by atoms with Gasteiger partial charge in [0.25, 0.3) is 0 Å². The molecular formula is C14H18N2O7. The number of carboxylic acids is 2. The fraction of sp³-hybridized carbons (Fsp3) is 0.357. The summed E-state index contributed by atoms with van der Waals surface area (Å²) in [6.45, 7) is 0. The summed E-state index contributed by atoms with van der Waals surface area (Å²) in [5, 5.41) is 35.4. The molecule has 0 spiro atoms. The van der Waals surface area contributed by atoms with E-state index in [1.54, 1.807) is 0 Å². The highest BCUT2D eigenvalue weighted by atomic mass is 16.4. The number of carboxylic acid groups (broad SMARTS) is 2. The van der Waals surface area contributed by atoms with Crippen LogP contribution in [0.1, 0.15) is 18.0 Å². The zero-order chi connectivity index (χ0) is 17.6. The number of aliphatic hydroxyl groups is 2. The zero-order valence-corrected chi connectivity index (χ0v) is 12.0. The molecular weight excluding hydrogens is 308 g/mol. The van der Waals surface area contributed by atoms with Crippen molar-refractivity contribution in [3.8, 4) is 0 Å². The highest BCUT2D eigenvalue weighted by molar-refractivity contribution is 5.83. The number of amides is 1. The van der Waals surface area contributed by atoms with E-state index in [0.29, 0.717) is 6.42 Å². The Morgan fingerprint density at radius 1 is 1.09 bits per heavy atom. The van der Waals surface area contributed by atoms with Gasteiger partial charge in [0.05, 0.1) is 6.04 Å². The molecule has 23 heavy (non-hydrogen) atoms. The third kappa shape index (κ3) is 5.33. The van der Waals surface area contributed by atoms with Crippen molar-refractivity contribution in [2.45, 2.75) is 30.7 Å². The number of nitrogens with two attached hydrogens (primary N) is 1. The van der Waals surface area contributed by atoms with Crippen molar-refractivity contribution in [2.75, 3.05) is 0 Å². The van der Waals surface area contributed by atoms with Crippen LogP contribution in [0.5, 0.6) is 0 Å². The molecule has 0 bridgehead atoms. The first-order chi connectivity index (χ1) is 10.7. The average molecular weight is 326 g/mol. The van der Waals surface area contributed by atoms with Crippen LogP contribution in [0.25, 0.3) is 0 Å². The Morgan fingerprint density at radius 2 is 1.57 bits per heavy atom. The molecule has 0 aromatic heterocycles. The largest absolute Gasteiger partial charge is 0.479 e. The molecule has 1 heterocycles. The molecule has 0 aliphatic carbocycles. The first-order valence-electron chi connectivity index (χ1n) is 6.65. The fourth-order valence-corrected chi connectivity index (χ4v) is 1.93. The maximum Gasteiger partial charge on any atom is 0.335 e. The van der Waals surface area contributed by atoms with Crippen LogP contribution in [-0.2, 0) is 14.4 Å². The van der Waals surface area contributed by atoms with Crippen LogP contribution in [0.15, 0.2) is 30.3 Å². The average Bonchev–Trinajstić information content (AvgIpc) is 2.85. The van der Waals surface area contributed by atoms with Gasteiger partial charge in [0.15, 0.2) is 12.2 Å². The SMILES string of the molecule is N[C@@H]1CC(=O)N[C@H]1c1ccccc1.O=C(O)[C@H](O)[C@@H](O)C(=O)O. The maximum atomic E-state index is 11.0. The number of nitrogens with one attached hydrogen (secondary N) is 1. The van der Waals surface area contributed by atoms with Crippen LogP contribution in [-0.4, -0.2) is 56.5 Å². The summed E-state index contributed by atoms with van der Waals surface area (Å²) in [4.78, 5) is 30.6. The molecule has 1 aliphatic heterocycles. The molecule has 0 saturated carbocycles. The molecule has 7 N–H and O–H groups in total. The molecule has 1 aliphatic rings. The molecule has 0 unspecified atom stereocenters. The standard InChI is InChI=1S/C10H12N2O.C4H6O6/c11-8-6-9(13)12-10(8)7-4-2-1-3-5-7;5-1(3(7)8)2(6)4(9)10/h1-5,8,10H,6,11H2,(H,12,13);1-2,5-6H,(H,7,8)(H,9,10)/t8-,10+;1-,2-/m11/s1. The third-order valence-electron chi connectivity index (χ3n) is 3.13. The van der Waals surface area contributed by atoms with Crippen LogP contribution in [0.2, 0.25) is 0 Å². The number of hydrogen-bond acceptors (Lipinski definition) is 6. The quantitative estimate of drug-likeness (QED) is 0.386. The number of benzene rings is 1. The topological polar surface area (TPSA) is 170 Å². The van der Waals surface area contributed by atoms with Gasteiger partial charge in [-0.05, 0) is 5.56 Å². The Morgan fingerprint density at radius 3 is 1.91 bits per heavy atom. The van der Waals surface area contributed by atoms with Crippen LogP contribution in [0.3, 0.4) is 0 Å². The fourth-order valence-electron chi connectivity index (χ4n) is 1.93. The molecule has 1 saturated heterocycles. The Hall–Kier alpha value is -2.49. The molecule has 9 heteroatoms. The molecule has 0 radical (unpaired) electrons. The summed E-state index contributed by atoms with van der Waals surface area (Å²) in [6, 6.07) is 9.72. The van der Waals surface area contributed by atoms with Gasteiger partial charge in [-0.3, -0.25) is 4.79 Å². The highest BCUT2D eigenvalue weighted by Gasteiger charge is 2.30. The van der Waals surface area contributed by atoms with Gasteiger partial charge in [-0.25, -0.2) is 9.59 Å². The number of aliphatic hydroxyl groups excluding tert-OH is 2. The molecule has 1 fully saturated rings. The van der Waals surface area contributed by atoms with E-state index in [4.69, 9.17) is 26.2 Å². The van der Waals surface area contributed by atoms with Gasteiger partial charge in [0, 0.05) is 12.5 Å². The molecule has 126 valence electrons. The number of carbonyl (C=O) groups is 3. The second-order valence-corrected chi connectivity index (χ2v) is 4.89. The molecule has 4 atom stereocenters. The van der Waals surface area contributed by atoms with Gasteiger partial charge in [0.2, 0.25) is 5.91 Å². The van der Waals surface area contributed by atoms with E-state index in [9.17, 15) is 14.4 Å². The molecule has 2 rings (SSSR count). The van der Waals surface area contributed by atoms with Crippen molar-refractivity contribution in [1.29, 1.82) is 0 Å². The van der Waals surface area contributed by atoms with Crippen molar-refractivity contribution in [1.82, 2.24) is 5.32 Å². The van der Waals surface area contributed by atoms with E-state index < -0.39 is 24.1 Å². The first kappa shape index (κ1) is 18.6. The Labute approximate surface area is 131 Å². The molecule has 1 amide bonds. The normalized spacial score (nSPS) is 22.3. The van der Waals surface area contributed by atoms with Gasteiger partial charge in [-0.2, -0.15) is 0 Å². The van der Waals surface area contributed by atoms with Crippen molar-refractivity contribution in [3.05, 3.63) is 35.9 Å². The van der Waals surface area contributed by atoms with Crippen molar-refractivity contribution in [3.63, 3.8) is 0 Å². The lowest BCUT2D eigenvalue weighted by molar-refractivity contribution is -0.165. The summed E-state index contributed by atoms with van der Waals surface area (Å²) in [6.07, 6.45) is -4.10. The summed E-state index contributed by atoms with van der Waals surface area (Å²) in [7, 11) is 0. The van der Waals surface area contributed by atoms with Gasteiger partial charge in [0.1, 0.15) is 0 Å². The second-order valence-electron chi connectivity index (χ2n) is 4.89. The lowest BCUT2D eigenvalue weighted by Crippen LogP contribution is -2.39. The summed E-state index contributed by atoms with van der Waals surface area (Å²) < 4.78 is 0. The van der Waals surface area contributed by atoms with Crippen molar-refractivity contribution < 1.29 is 34.8 Å². The lowest BCUT2D eigenvalue weighted by Gasteiger charge is -2.14. The number of carbonyl (C=O) groups excluding carboxylic acids is 1. The van der Waals surface area contributed by atoms with Gasteiger partial charge < -0.3 is 31.5 Å². The predicted molar refractivity (Wildman–Crippen MR) is 77.2 cm³/mol. The van der Waals surface area contributed by atoms with Gasteiger partial charge >= 0.3 is 11.9 Å². The van der Waals surface area contributed by atoms with E-state index in [1.165, 1.54) is 0 Å². The van der Waals surface area contributed by atoms with E-state index in [0.717, 1.165) is 5.56 Å². The van der Waals surface area contributed by atoms with E-state index in [-0.39, 0.29) is 18.0 Å². The smallest absolute Gasteiger partial charge is 0.335 e. The monoisotopic (exact) mass is 326 g/mol. The van der Waals surface area contributed by atoms with Crippen LogP contribution in [0.4, 0.5) is 0 Å². The number of hydrogen-bond donors (Lipinski definition) is 6. The van der Waals surface area contributed by atoms with Crippen LogP contribution in [0, 0.1) is 0 Å². The predicted octanol–water partition coefficient (Wildman–Crippen LogP) is -1.55. The summed E-state index contributed by atoms with van der Waals surface area (Å²) in [5.41, 5.74) is 6.90. The van der Waals surface area contributed by atoms with Crippen LogP contribution < -0.4 is 11.1 Å². The Balaban J connectivity index is 0.000000241. The second kappa shape index (κ2) is 8.22. The lowest BCUT2D eigenvalue weighted by atomic mass is 10.0. The maximum absolute atomic E-state index is 11.0. The van der Waals surface area contributed by atoms with Gasteiger partial charge in [-0.1, -0.05) is 30.3 Å². The third-order valence-corrected chi connectivity index (χ3v) is 3.13. The number of aliphatic carboxylic acids is 2. The van der Waals surface area contributed by atoms with E-state index in [1.807, 2.05) is 30.3 Å². The molecule has 1 aromatic carbocycles. The Kier molecular flexibility index (Phi) is 6.64. The summed E-state index contributed by atoms with van der Waals surface area (Å²) >= 11 is 0. The van der Waals surface area contributed by atoms with Crippen LogP contribution >= 0.6 is 0 Å². The van der Waals surface area contributed by atoms with E-state index >= 15 is 0 Å². The van der Waals surface area contributed by atoms with E-state index in [2.05, 4.69) is 5.32 Å². The molecule has 9 nitrogen and oxygen atoms in total. The minimum absolute atomic E-state index is 0.00583. The van der Waals surface area contributed by atoms with Crippen molar-refractivity contribution in [2.24, 2.45) is 5.73 Å². The Bertz CT molecular complexity index is 546. The van der Waals surface area contributed by atoms with Gasteiger partial charge in [-0.15, -0.1) is 0 Å². The highest BCUT2D eigenvalue weighted by Crippen LogP contribution is 2.22. The minimum Gasteiger partial charge on any atom is -0.479 e. The number of rotatable bonds is 4. The van der Waals surface area contributed by atoms with Crippen molar-refractivity contribution >= 4 is 17.8 Å². The zero-order valence-electron chi connectivity index (χ0n) is 12.0. The summed E-state index contributed by atoms with van der Waals surface area (Å²) in [5.74, 6) is -3.49. The minimum atomic E-state index is -2.27.